The molecule has 0 saturated carbocycles. The summed E-state index contributed by atoms with van der Waals surface area (Å²) in [5, 5.41) is 7.84. The molecule has 0 aromatic carbocycles. The van der Waals surface area contributed by atoms with E-state index in [1.165, 1.54) is 23.2 Å². The van der Waals surface area contributed by atoms with Crippen molar-refractivity contribution < 1.29 is 9.53 Å². The summed E-state index contributed by atoms with van der Waals surface area (Å²) in [5.74, 6) is -0.196. The normalized spacial score (nSPS) is 10.9. The average Bonchev–Trinajstić information content (AvgIpc) is 2.98. The van der Waals surface area contributed by atoms with Gasteiger partial charge in [0.25, 0.3) is 0 Å². The first kappa shape index (κ1) is 15.7. The number of thiophene rings is 1. The van der Waals surface area contributed by atoms with Crippen molar-refractivity contribution in [1.29, 1.82) is 0 Å². The summed E-state index contributed by atoms with van der Waals surface area (Å²) >= 11 is 1.64. The Morgan fingerprint density at radius 3 is 2.67 bits per heavy atom. The fourth-order valence-electron chi connectivity index (χ4n) is 2.21. The lowest BCUT2D eigenvalue weighted by Gasteiger charge is -2.04. The quantitative estimate of drug-likeness (QED) is 0.831. The number of aryl methyl sites for hydroxylation is 2. The Bertz CT molecular complexity index is 631. The molecule has 0 spiro atoms. The number of nitrogens with one attached hydrogen (secondary N) is 1. The van der Waals surface area contributed by atoms with Crippen LogP contribution >= 0.6 is 11.3 Å². The summed E-state index contributed by atoms with van der Waals surface area (Å²) in [4.78, 5) is 13.5. The third-order valence-electron chi connectivity index (χ3n) is 3.52. The number of carbonyl (C=O) groups is 1. The van der Waals surface area contributed by atoms with E-state index in [1.807, 2.05) is 24.7 Å². The first-order valence-corrected chi connectivity index (χ1v) is 7.67. The van der Waals surface area contributed by atoms with Crippen LogP contribution in [0.3, 0.4) is 0 Å². The Morgan fingerprint density at radius 1 is 1.33 bits per heavy atom. The number of methoxy groups -OCH3 is 1. The SMILES string of the molecule is COC(=O)Cc1ccc(CNCc2c(C)nn(C)c2C)s1. The number of ether oxygens (including phenoxy) is 1. The Kier molecular flexibility index (Phi) is 5.14. The summed E-state index contributed by atoms with van der Waals surface area (Å²) in [5.41, 5.74) is 3.52. The molecule has 5 nitrogen and oxygen atoms in total. The molecule has 0 aliphatic rings. The van der Waals surface area contributed by atoms with Crippen LogP contribution in [0.2, 0.25) is 0 Å². The van der Waals surface area contributed by atoms with E-state index < -0.39 is 0 Å². The van der Waals surface area contributed by atoms with E-state index in [0.717, 1.165) is 23.7 Å². The molecule has 21 heavy (non-hydrogen) atoms. The highest BCUT2D eigenvalue weighted by atomic mass is 32.1. The molecule has 0 bridgehead atoms. The van der Waals surface area contributed by atoms with Gasteiger partial charge in [0, 0.05) is 41.1 Å². The maximum Gasteiger partial charge on any atom is 0.310 e. The van der Waals surface area contributed by atoms with E-state index in [2.05, 4.69) is 28.1 Å². The van der Waals surface area contributed by atoms with Crippen molar-refractivity contribution in [3.63, 3.8) is 0 Å². The van der Waals surface area contributed by atoms with Crippen molar-refractivity contribution in [3.05, 3.63) is 38.8 Å². The first-order chi connectivity index (χ1) is 10.0. The lowest BCUT2D eigenvalue weighted by molar-refractivity contribution is -0.139. The second kappa shape index (κ2) is 6.87. The molecule has 0 fully saturated rings. The number of carbonyl (C=O) groups excluding carboxylic acids is 1. The predicted molar refractivity (Wildman–Crippen MR) is 83.3 cm³/mol. The highest BCUT2D eigenvalue weighted by Crippen LogP contribution is 2.18. The number of aromatic nitrogens is 2. The van der Waals surface area contributed by atoms with Crippen LogP contribution < -0.4 is 5.32 Å². The van der Waals surface area contributed by atoms with Crippen molar-refractivity contribution in [1.82, 2.24) is 15.1 Å². The fraction of sp³-hybridized carbons (Fsp3) is 0.467. The summed E-state index contributed by atoms with van der Waals surface area (Å²) in [6.45, 7) is 5.70. The van der Waals surface area contributed by atoms with E-state index in [4.69, 9.17) is 0 Å². The zero-order valence-corrected chi connectivity index (χ0v) is 13.7. The Balaban J connectivity index is 1.87. The monoisotopic (exact) mass is 307 g/mol. The fourth-order valence-corrected chi connectivity index (χ4v) is 3.18. The van der Waals surface area contributed by atoms with Gasteiger partial charge in [-0.05, 0) is 26.0 Å². The smallest absolute Gasteiger partial charge is 0.310 e. The number of rotatable bonds is 6. The van der Waals surface area contributed by atoms with E-state index in [9.17, 15) is 4.79 Å². The van der Waals surface area contributed by atoms with Gasteiger partial charge >= 0.3 is 5.97 Å². The first-order valence-electron chi connectivity index (χ1n) is 6.85. The third-order valence-corrected chi connectivity index (χ3v) is 4.61. The van der Waals surface area contributed by atoms with Gasteiger partial charge in [0.15, 0.2) is 0 Å². The van der Waals surface area contributed by atoms with E-state index >= 15 is 0 Å². The lowest BCUT2D eigenvalue weighted by atomic mass is 10.2. The molecule has 2 aromatic rings. The van der Waals surface area contributed by atoms with Gasteiger partial charge in [-0.1, -0.05) is 0 Å². The van der Waals surface area contributed by atoms with Gasteiger partial charge in [-0.15, -0.1) is 11.3 Å². The summed E-state index contributed by atoms with van der Waals surface area (Å²) in [7, 11) is 3.38. The van der Waals surface area contributed by atoms with Crippen molar-refractivity contribution in [2.75, 3.05) is 7.11 Å². The molecule has 0 amide bonds. The van der Waals surface area contributed by atoms with Gasteiger partial charge in [-0.25, -0.2) is 0 Å². The highest BCUT2D eigenvalue weighted by Gasteiger charge is 2.09. The van der Waals surface area contributed by atoms with Crippen LogP contribution in [0.15, 0.2) is 12.1 Å². The molecule has 6 heteroatoms. The van der Waals surface area contributed by atoms with Crippen molar-refractivity contribution >= 4 is 17.3 Å². The van der Waals surface area contributed by atoms with Crippen LogP contribution in [-0.2, 0) is 36.1 Å². The molecule has 2 aromatic heterocycles. The van der Waals surface area contributed by atoms with Gasteiger partial charge in [-0.2, -0.15) is 5.10 Å². The molecule has 0 atom stereocenters. The van der Waals surface area contributed by atoms with Crippen LogP contribution in [0.1, 0.15) is 26.7 Å². The maximum atomic E-state index is 11.2. The minimum Gasteiger partial charge on any atom is -0.469 e. The number of hydrogen-bond donors (Lipinski definition) is 1. The van der Waals surface area contributed by atoms with Crippen molar-refractivity contribution in [2.24, 2.45) is 7.05 Å². The van der Waals surface area contributed by atoms with Crippen LogP contribution in [0, 0.1) is 13.8 Å². The van der Waals surface area contributed by atoms with Crippen molar-refractivity contribution in [2.45, 2.75) is 33.4 Å². The zero-order chi connectivity index (χ0) is 15.4. The highest BCUT2D eigenvalue weighted by molar-refractivity contribution is 7.12. The molecular weight excluding hydrogens is 286 g/mol. The zero-order valence-electron chi connectivity index (χ0n) is 12.9. The molecule has 2 rings (SSSR count). The molecule has 2 heterocycles. The van der Waals surface area contributed by atoms with Crippen LogP contribution in [0.4, 0.5) is 0 Å². The minimum atomic E-state index is -0.196. The van der Waals surface area contributed by atoms with E-state index in [1.54, 1.807) is 11.3 Å². The topological polar surface area (TPSA) is 56.1 Å². The van der Waals surface area contributed by atoms with Gasteiger partial charge in [-0.3, -0.25) is 9.48 Å². The van der Waals surface area contributed by atoms with E-state index in [0.29, 0.717) is 6.42 Å². The van der Waals surface area contributed by atoms with Crippen LogP contribution in [-0.4, -0.2) is 22.9 Å². The molecule has 114 valence electrons. The second-order valence-corrected chi connectivity index (χ2v) is 6.25. The molecular formula is C15H21N3O2S. The van der Waals surface area contributed by atoms with Crippen LogP contribution in [0.5, 0.6) is 0 Å². The van der Waals surface area contributed by atoms with Gasteiger partial charge in [0.05, 0.1) is 19.2 Å². The van der Waals surface area contributed by atoms with Gasteiger partial charge in [0.2, 0.25) is 0 Å². The molecule has 0 unspecified atom stereocenters. The third kappa shape index (κ3) is 3.92. The van der Waals surface area contributed by atoms with Gasteiger partial charge in [0.1, 0.15) is 0 Å². The standard InChI is InChI=1S/C15H21N3O2S/c1-10-14(11(2)18(3)17-10)9-16-8-13-6-5-12(21-13)7-15(19)20-4/h5-6,16H,7-9H2,1-4H3. The molecule has 0 radical (unpaired) electrons. The maximum absolute atomic E-state index is 11.2. The summed E-state index contributed by atoms with van der Waals surface area (Å²) in [6, 6.07) is 4.04. The second-order valence-electron chi connectivity index (χ2n) is 5.00. The summed E-state index contributed by atoms with van der Waals surface area (Å²) < 4.78 is 6.58. The number of nitrogens with zero attached hydrogens (tertiary/aromatic N) is 2. The lowest BCUT2D eigenvalue weighted by Crippen LogP contribution is -2.13. The number of hydrogen-bond acceptors (Lipinski definition) is 5. The molecule has 1 N–H and O–H groups in total. The number of esters is 1. The molecule has 0 aliphatic heterocycles. The Labute approximate surface area is 128 Å². The van der Waals surface area contributed by atoms with Gasteiger partial charge < -0.3 is 10.1 Å². The Morgan fingerprint density at radius 2 is 2.05 bits per heavy atom. The Hall–Kier alpha value is -1.66. The van der Waals surface area contributed by atoms with E-state index in [-0.39, 0.29) is 5.97 Å². The van der Waals surface area contributed by atoms with Crippen LogP contribution in [0.25, 0.3) is 0 Å². The molecule has 0 saturated heterocycles. The largest absolute Gasteiger partial charge is 0.469 e. The van der Waals surface area contributed by atoms with Crippen molar-refractivity contribution in [3.8, 4) is 0 Å². The minimum absolute atomic E-state index is 0.196. The average molecular weight is 307 g/mol. The molecule has 0 aliphatic carbocycles. The summed E-state index contributed by atoms with van der Waals surface area (Å²) in [6.07, 6.45) is 0.349. The predicted octanol–water partition coefficient (Wildman–Crippen LogP) is 2.10.